The molecule has 3 nitrogen and oxygen atoms in total. The third kappa shape index (κ3) is 1.97. The lowest BCUT2D eigenvalue weighted by molar-refractivity contribution is -0.116. The van der Waals surface area contributed by atoms with Crippen LogP contribution >= 0.6 is 0 Å². The average Bonchev–Trinajstić information content (AvgIpc) is 2.39. The molecule has 1 amide bonds. The molecule has 0 bridgehead atoms. The van der Waals surface area contributed by atoms with Gasteiger partial charge < -0.3 is 5.32 Å². The number of carbonyl (C=O) groups is 1. The van der Waals surface area contributed by atoms with Gasteiger partial charge in [-0.1, -0.05) is 43.2 Å². The van der Waals surface area contributed by atoms with Crippen molar-refractivity contribution in [2.24, 2.45) is 4.99 Å². The van der Waals surface area contributed by atoms with Crippen molar-refractivity contribution in [2.45, 2.75) is 37.8 Å². The first-order valence-corrected chi connectivity index (χ1v) is 6.29. The zero-order valence-electron chi connectivity index (χ0n) is 9.73. The summed E-state index contributed by atoms with van der Waals surface area (Å²) >= 11 is 0. The third-order valence-corrected chi connectivity index (χ3v) is 3.60. The summed E-state index contributed by atoms with van der Waals surface area (Å²) in [5.74, 6) is -0.0145. The highest BCUT2D eigenvalue weighted by Gasteiger charge is 2.32. The fourth-order valence-corrected chi connectivity index (χ4v) is 2.70. The molecule has 0 unspecified atom stereocenters. The highest BCUT2D eigenvalue weighted by atomic mass is 16.2. The summed E-state index contributed by atoms with van der Waals surface area (Å²) in [5.41, 5.74) is 1.53. The molecule has 17 heavy (non-hydrogen) atoms. The summed E-state index contributed by atoms with van der Waals surface area (Å²) in [6.45, 7) is 0. The van der Waals surface area contributed by atoms with Crippen LogP contribution in [0.3, 0.4) is 0 Å². The molecule has 1 aliphatic carbocycles. The van der Waals surface area contributed by atoms with E-state index in [1.807, 2.05) is 30.3 Å². The van der Waals surface area contributed by atoms with Crippen molar-refractivity contribution in [2.75, 3.05) is 0 Å². The largest absolute Gasteiger partial charge is 0.346 e. The molecule has 88 valence electrons. The van der Waals surface area contributed by atoms with Gasteiger partial charge in [-0.15, -0.1) is 0 Å². The van der Waals surface area contributed by atoms with Gasteiger partial charge in [0.15, 0.2) is 0 Å². The monoisotopic (exact) mass is 228 g/mol. The van der Waals surface area contributed by atoms with Crippen LogP contribution < -0.4 is 5.32 Å². The van der Waals surface area contributed by atoms with Gasteiger partial charge in [-0.05, 0) is 12.8 Å². The van der Waals surface area contributed by atoms with Crippen LogP contribution in [0.15, 0.2) is 35.3 Å². The Labute approximate surface area is 101 Å². The summed E-state index contributed by atoms with van der Waals surface area (Å²) in [6.07, 6.45) is 4.60. The van der Waals surface area contributed by atoms with Crippen LogP contribution in [0.25, 0.3) is 0 Å². The Kier molecular flexibility index (Phi) is 2.67. The molecule has 0 spiro atoms. The van der Waals surface area contributed by atoms with Gasteiger partial charge in [0.1, 0.15) is 5.71 Å². The quantitative estimate of drug-likeness (QED) is 0.784. The molecule has 1 heterocycles. The molecule has 3 heteroatoms. The number of aliphatic imine (C=N–C) groups is 1. The second kappa shape index (κ2) is 4.32. The Hall–Kier alpha value is -1.64. The van der Waals surface area contributed by atoms with Crippen molar-refractivity contribution in [3.8, 4) is 0 Å². The number of nitrogens with one attached hydrogen (secondary N) is 1. The molecule has 2 atom stereocenters. The molecule has 1 aromatic rings. The predicted octanol–water partition coefficient (Wildman–Crippen LogP) is 1.92. The van der Waals surface area contributed by atoms with E-state index in [0.29, 0.717) is 5.71 Å². The number of hydrogen-bond donors (Lipinski definition) is 1. The Morgan fingerprint density at radius 2 is 1.88 bits per heavy atom. The lowest BCUT2D eigenvalue weighted by Gasteiger charge is -2.33. The molecule has 3 rings (SSSR count). The summed E-state index contributed by atoms with van der Waals surface area (Å²) in [4.78, 5) is 16.7. The number of rotatable bonds is 1. The lowest BCUT2D eigenvalue weighted by Crippen LogP contribution is -2.51. The molecular weight excluding hydrogens is 212 g/mol. The van der Waals surface area contributed by atoms with E-state index < -0.39 is 0 Å². The number of fused-ring (bicyclic) bond motifs is 1. The minimum absolute atomic E-state index is 0.0145. The molecule has 0 aromatic heterocycles. The normalized spacial score (nSPS) is 28.0. The van der Waals surface area contributed by atoms with Gasteiger partial charge in [0.25, 0.3) is 5.91 Å². The Bertz CT molecular complexity index is 453. The van der Waals surface area contributed by atoms with E-state index >= 15 is 0 Å². The summed E-state index contributed by atoms with van der Waals surface area (Å²) in [5, 5.41) is 3.10. The molecular formula is C14H16N2O. The molecule has 1 aromatic carbocycles. The van der Waals surface area contributed by atoms with Gasteiger partial charge in [0.2, 0.25) is 0 Å². The Balaban J connectivity index is 1.94. The van der Waals surface area contributed by atoms with Gasteiger partial charge in [-0.2, -0.15) is 0 Å². The van der Waals surface area contributed by atoms with Gasteiger partial charge in [0.05, 0.1) is 12.1 Å². The minimum Gasteiger partial charge on any atom is -0.346 e. The van der Waals surface area contributed by atoms with Gasteiger partial charge in [-0.3, -0.25) is 9.79 Å². The predicted molar refractivity (Wildman–Crippen MR) is 67.2 cm³/mol. The van der Waals surface area contributed by atoms with Crippen LogP contribution in [0.2, 0.25) is 0 Å². The molecule has 1 saturated carbocycles. The molecule has 1 N–H and O–H groups in total. The lowest BCUT2D eigenvalue weighted by atomic mass is 9.88. The zero-order valence-corrected chi connectivity index (χ0v) is 9.73. The molecule has 1 aliphatic heterocycles. The summed E-state index contributed by atoms with van der Waals surface area (Å²) < 4.78 is 0. The molecule has 1 fully saturated rings. The van der Waals surface area contributed by atoms with Crippen LogP contribution in [-0.2, 0) is 4.79 Å². The van der Waals surface area contributed by atoms with Crippen molar-refractivity contribution in [1.82, 2.24) is 5.32 Å². The first-order valence-electron chi connectivity index (χ1n) is 6.29. The molecule has 2 aliphatic rings. The minimum atomic E-state index is -0.0145. The van der Waals surface area contributed by atoms with Crippen molar-refractivity contribution in [3.05, 3.63) is 35.9 Å². The number of hydrogen-bond acceptors (Lipinski definition) is 2. The Morgan fingerprint density at radius 1 is 1.12 bits per heavy atom. The first-order chi connectivity index (χ1) is 8.34. The maximum absolute atomic E-state index is 12.0. The Morgan fingerprint density at radius 3 is 2.71 bits per heavy atom. The topological polar surface area (TPSA) is 41.5 Å². The zero-order chi connectivity index (χ0) is 11.7. The van der Waals surface area contributed by atoms with Crippen molar-refractivity contribution in [3.63, 3.8) is 0 Å². The maximum atomic E-state index is 12.0. The summed E-state index contributed by atoms with van der Waals surface area (Å²) in [6, 6.07) is 10.3. The number of carbonyl (C=O) groups excluding carboxylic acids is 1. The molecule has 0 radical (unpaired) electrons. The first kappa shape index (κ1) is 10.5. The SMILES string of the molecule is O=C1N[C@@H]2CCCC[C@H]2N=C1c1ccccc1. The van der Waals surface area contributed by atoms with E-state index in [0.717, 1.165) is 18.4 Å². The van der Waals surface area contributed by atoms with Crippen LogP contribution in [-0.4, -0.2) is 23.7 Å². The van der Waals surface area contributed by atoms with E-state index in [9.17, 15) is 4.79 Å². The highest BCUT2D eigenvalue weighted by Crippen LogP contribution is 2.24. The van der Waals surface area contributed by atoms with Crippen LogP contribution in [0.1, 0.15) is 31.2 Å². The van der Waals surface area contributed by atoms with Crippen LogP contribution in [0.5, 0.6) is 0 Å². The van der Waals surface area contributed by atoms with Crippen LogP contribution in [0, 0.1) is 0 Å². The second-order valence-corrected chi connectivity index (χ2v) is 4.78. The van der Waals surface area contributed by atoms with Gasteiger partial charge >= 0.3 is 0 Å². The van der Waals surface area contributed by atoms with E-state index in [2.05, 4.69) is 10.3 Å². The third-order valence-electron chi connectivity index (χ3n) is 3.60. The number of amides is 1. The van der Waals surface area contributed by atoms with E-state index in [1.165, 1.54) is 12.8 Å². The number of benzene rings is 1. The van der Waals surface area contributed by atoms with Crippen LogP contribution in [0.4, 0.5) is 0 Å². The van der Waals surface area contributed by atoms with E-state index in [4.69, 9.17) is 0 Å². The maximum Gasteiger partial charge on any atom is 0.270 e. The summed E-state index contributed by atoms with van der Waals surface area (Å²) in [7, 11) is 0. The van der Waals surface area contributed by atoms with Crippen molar-refractivity contribution in [1.29, 1.82) is 0 Å². The van der Waals surface area contributed by atoms with E-state index in [-0.39, 0.29) is 18.0 Å². The second-order valence-electron chi connectivity index (χ2n) is 4.78. The molecule has 0 saturated heterocycles. The van der Waals surface area contributed by atoms with E-state index in [1.54, 1.807) is 0 Å². The fourth-order valence-electron chi connectivity index (χ4n) is 2.70. The van der Waals surface area contributed by atoms with Gasteiger partial charge in [-0.25, -0.2) is 0 Å². The van der Waals surface area contributed by atoms with Gasteiger partial charge in [0, 0.05) is 5.56 Å². The van der Waals surface area contributed by atoms with Crippen molar-refractivity contribution >= 4 is 11.6 Å². The highest BCUT2D eigenvalue weighted by molar-refractivity contribution is 6.45. The van der Waals surface area contributed by atoms with Crippen molar-refractivity contribution < 1.29 is 4.79 Å². The standard InChI is InChI=1S/C14H16N2O/c17-14-13(10-6-2-1-3-7-10)15-11-8-4-5-9-12(11)16-14/h1-3,6-7,11-12H,4-5,8-9H2,(H,16,17)/t11-,12-/m1/s1. The average molecular weight is 228 g/mol. The smallest absolute Gasteiger partial charge is 0.270 e. The number of nitrogens with zero attached hydrogens (tertiary/aromatic N) is 1. The fraction of sp³-hybridized carbons (Fsp3) is 0.429.